The van der Waals surface area contributed by atoms with Crippen molar-refractivity contribution in [1.82, 2.24) is 30.9 Å². The van der Waals surface area contributed by atoms with Crippen LogP contribution in [0, 0.1) is 0 Å². The highest BCUT2D eigenvalue weighted by molar-refractivity contribution is 6.28. The maximum Gasteiger partial charge on any atom is 0.228 e. The molecule has 0 fully saturated rings. The molecule has 0 saturated carbocycles. The number of anilines is 6. The van der Waals surface area contributed by atoms with Gasteiger partial charge in [-0.1, -0.05) is 19.3 Å². The van der Waals surface area contributed by atoms with E-state index in [-0.39, 0.29) is 23.0 Å². The van der Waals surface area contributed by atoms with Gasteiger partial charge in [0.2, 0.25) is 57.0 Å². The second-order valence-corrected chi connectivity index (χ2v) is 25.3. The van der Waals surface area contributed by atoms with Crippen molar-refractivity contribution in [3.8, 4) is 0 Å². The zero-order valence-corrected chi connectivity index (χ0v) is 56.1. The van der Waals surface area contributed by atoms with Crippen LogP contribution in [0.2, 0.25) is 5.28 Å². The van der Waals surface area contributed by atoms with Gasteiger partial charge in [0, 0.05) is 203 Å². The molecule has 0 atom stereocenters. The molecule has 0 aliphatic carbocycles. The van der Waals surface area contributed by atoms with Crippen molar-refractivity contribution in [2.24, 2.45) is 0 Å². The number of ketones is 1. The number of pyridine rings is 2. The van der Waals surface area contributed by atoms with Crippen LogP contribution in [0.4, 0.5) is 34.6 Å². The van der Waals surface area contributed by atoms with E-state index in [9.17, 15) is 19.2 Å². The SMILES string of the molecule is CN(C)c1ccc2cc3ccc(N(C)C)cc3[n+](CCCCCC(=O)CCCCCNC(=O)CCCCCNc3nc(Cl)nc(NCCCCCC(=O)NCCCCCNC(=O)CCCCC[n+]4c5cc(N(C)C)ccc5cc5ccc(N(C)C)cc54)n3)c2c1. The first kappa shape index (κ1) is 69.9. The van der Waals surface area contributed by atoms with Gasteiger partial charge in [-0.25, -0.2) is 0 Å². The van der Waals surface area contributed by atoms with E-state index in [0.29, 0.717) is 82.5 Å². The van der Waals surface area contributed by atoms with Crippen molar-refractivity contribution in [2.75, 3.05) is 119 Å². The number of amides is 3. The Morgan fingerprint density at radius 3 is 0.967 bits per heavy atom. The van der Waals surface area contributed by atoms with Gasteiger partial charge in [0.15, 0.2) is 0 Å². The number of aryl methyl sites for hydroxylation is 2. The lowest BCUT2D eigenvalue weighted by atomic mass is 10.0. The highest BCUT2D eigenvalue weighted by Gasteiger charge is 2.20. The van der Waals surface area contributed by atoms with E-state index in [2.05, 4.69) is 212 Å². The maximum atomic E-state index is 12.8. The van der Waals surface area contributed by atoms with Crippen molar-refractivity contribution < 1.29 is 28.3 Å². The first-order chi connectivity index (χ1) is 43.5. The predicted molar refractivity (Wildman–Crippen MR) is 373 cm³/mol. The molecule has 486 valence electrons. The summed E-state index contributed by atoms with van der Waals surface area (Å²) in [5.74, 6) is 1.37. The van der Waals surface area contributed by atoms with Crippen LogP contribution in [0.15, 0.2) is 84.9 Å². The fourth-order valence-corrected chi connectivity index (χ4v) is 11.6. The molecule has 0 spiro atoms. The second kappa shape index (κ2) is 36.9. The Bertz CT molecular complexity index is 3310. The van der Waals surface area contributed by atoms with E-state index in [1.54, 1.807) is 0 Å². The van der Waals surface area contributed by atoms with E-state index in [0.717, 1.165) is 129 Å². The fraction of sp³-hybridized carbons (Fsp3) is 0.535. The highest BCUT2D eigenvalue weighted by atomic mass is 35.5. The van der Waals surface area contributed by atoms with Crippen molar-refractivity contribution >= 4 is 113 Å². The van der Waals surface area contributed by atoms with Crippen LogP contribution >= 0.6 is 11.6 Å². The number of carbonyl (C=O) groups excluding carboxylic acids is 4. The number of rotatable bonds is 42. The van der Waals surface area contributed by atoms with E-state index < -0.39 is 0 Å². The van der Waals surface area contributed by atoms with Crippen molar-refractivity contribution in [2.45, 2.75) is 161 Å². The molecular formula is C71H103ClN14O4+2. The molecule has 3 heterocycles. The quantitative estimate of drug-likeness (QED) is 0.0138. The Morgan fingerprint density at radius 2 is 0.644 bits per heavy atom. The van der Waals surface area contributed by atoms with E-state index in [1.807, 2.05) is 0 Å². The summed E-state index contributed by atoms with van der Waals surface area (Å²) in [4.78, 5) is 71.9. The second-order valence-electron chi connectivity index (χ2n) is 24.9. The van der Waals surface area contributed by atoms with Gasteiger partial charge >= 0.3 is 0 Å². The van der Waals surface area contributed by atoms with Gasteiger partial charge in [-0.3, -0.25) is 19.2 Å². The molecular weight excluding hydrogens is 1150 g/mol. The maximum absolute atomic E-state index is 12.8. The van der Waals surface area contributed by atoms with Crippen molar-refractivity contribution in [1.29, 1.82) is 0 Å². The number of hydrogen-bond donors (Lipinski definition) is 5. The molecule has 7 rings (SSSR count). The first-order valence-electron chi connectivity index (χ1n) is 33.2. The number of halogens is 1. The Kier molecular flexibility index (Phi) is 28.7. The average molecular weight is 1250 g/mol. The smallest absolute Gasteiger partial charge is 0.228 e. The highest BCUT2D eigenvalue weighted by Crippen LogP contribution is 2.28. The summed E-state index contributed by atoms with van der Waals surface area (Å²) in [6.45, 7) is 4.99. The normalized spacial score (nSPS) is 11.3. The topological polar surface area (TPSA) is 188 Å². The zero-order valence-electron chi connectivity index (χ0n) is 55.3. The number of carbonyl (C=O) groups is 4. The van der Waals surface area contributed by atoms with Gasteiger partial charge in [0.1, 0.15) is 18.9 Å². The molecule has 19 heteroatoms. The number of nitrogens with zero attached hydrogens (tertiary/aromatic N) is 9. The molecule has 0 aliphatic heterocycles. The van der Waals surface area contributed by atoms with Crippen LogP contribution in [0.5, 0.6) is 0 Å². The predicted octanol–water partition coefficient (Wildman–Crippen LogP) is 12.1. The molecule has 0 bridgehead atoms. The molecule has 3 aromatic heterocycles. The number of aromatic nitrogens is 5. The Morgan fingerprint density at radius 1 is 0.356 bits per heavy atom. The minimum absolute atomic E-state index is 0.0634. The summed E-state index contributed by atoms with van der Waals surface area (Å²) < 4.78 is 4.91. The van der Waals surface area contributed by atoms with E-state index >= 15 is 0 Å². The third kappa shape index (κ3) is 22.7. The van der Waals surface area contributed by atoms with Crippen LogP contribution < -0.4 is 55.3 Å². The largest absolute Gasteiger partial charge is 0.377 e. The summed E-state index contributed by atoms with van der Waals surface area (Å²) in [7, 11) is 16.6. The molecule has 7 aromatic rings. The summed E-state index contributed by atoms with van der Waals surface area (Å²) in [6.07, 6.45) is 18.8. The fourth-order valence-electron chi connectivity index (χ4n) is 11.4. The molecule has 5 N–H and O–H groups in total. The minimum atomic E-state index is 0.0634. The minimum Gasteiger partial charge on any atom is -0.377 e. The zero-order chi connectivity index (χ0) is 64.2. The van der Waals surface area contributed by atoms with Gasteiger partial charge in [-0.15, -0.1) is 0 Å². The lowest BCUT2D eigenvalue weighted by molar-refractivity contribution is -0.646. The van der Waals surface area contributed by atoms with Crippen molar-refractivity contribution in [3.05, 3.63) is 90.2 Å². The van der Waals surface area contributed by atoms with Gasteiger partial charge in [0.25, 0.3) is 0 Å². The average Bonchev–Trinajstić information content (AvgIpc) is 1.06. The number of unbranched alkanes of at least 4 members (excludes halogenated alkanes) is 12. The number of nitrogens with one attached hydrogen (secondary N) is 5. The van der Waals surface area contributed by atoms with Crippen LogP contribution in [0.25, 0.3) is 43.6 Å². The molecule has 90 heavy (non-hydrogen) atoms. The summed E-state index contributed by atoms with van der Waals surface area (Å²) in [6, 6.07) is 31.2. The van der Waals surface area contributed by atoms with Gasteiger partial charge in [0.05, 0.1) is 0 Å². The number of Topliss-reactive ketones (excluding diaryl/α,β-unsaturated/α-hetero) is 1. The number of fused-ring (bicyclic) bond motifs is 4. The molecule has 4 aromatic carbocycles. The Labute approximate surface area is 540 Å². The number of hydrogen-bond acceptors (Lipinski definition) is 13. The Balaban J connectivity index is 0.639. The van der Waals surface area contributed by atoms with Crippen molar-refractivity contribution in [3.63, 3.8) is 0 Å². The molecule has 0 aliphatic rings. The van der Waals surface area contributed by atoms with E-state index in [4.69, 9.17) is 11.6 Å². The molecule has 0 saturated heterocycles. The molecule has 0 radical (unpaired) electrons. The standard InChI is InChI=1S/C71H101ClN14O4/c1-81(2)57-36-32-53-47-54-33-37-58(82(3)4)50-63(54)85(62(53)49-57)45-25-12-16-28-61(87)27-15-9-20-40-73-66(88)29-17-10-21-43-76-70-78-69(72)79-71(80-70)77-44-22-11-18-30-67(89)74-41-23-14-24-42-75-68(90)31-19-13-26-46-86-64-51-59(83(5)6)38-34-55(64)48-56-35-39-60(84(7)8)52-65(56)86/h32-39,47-52H,9-31,40-46H2,1-8H3,(H3-2,73,74,75,76,77,78,79,80,88,89,90)/p+2. The van der Waals surface area contributed by atoms with Crippen LogP contribution in [0.1, 0.15) is 148 Å². The van der Waals surface area contributed by atoms with E-state index in [1.165, 1.54) is 66.4 Å². The molecule has 0 unspecified atom stereocenters. The van der Waals surface area contributed by atoms with Gasteiger partial charge in [-0.05, 0) is 156 Å². The summed E-state index contributed by atoms with van der Waals surface area (Å²) in [5.41, 5.74) is 9.61. The summed E-state index contributed by atoms with van der Waals surface area (Å²) >= 11 is 6.22. The monoisotopic (exact) mass is 1250 g/mol. The number of benzene rings is 4. The van der Waals surface area contributed by atoms with Gasteiger partial charge in [-0.2, -0.15) is 24.1 Å². The summed E-state index contributed by atoms with van der Waals surface area (Å²) in [5, 5.41) is 20.6. The third-order valence-electron chi connectivity index (χ3n) is 16.8. The molecule has 3 amide bonds. The Hall–Kier alpha value is -7.60. The lowest BCUT2D eigenvalue weighted by Gasteiger charge is -2.15. The van der Waals surface area contributed by atoms with Crippen LogP contribution in [-0.4, -0.2) is 128 Å². The first-order valence-corrected chi connectivity index (χ1v) is 33.6. The lowest BCUT2D eigenvalue weighted by Crippen LogP contribution is -2.36. The van der Waals surface area contributed by atoms with Crippen LogP contribution in [0.3, 0.4) is 0 Å². The van der Waals surface area contributed by atoms with Gasteiger partial charge < -0.3 is 46.2 Å². The molecule has 18 nitrogen and oxygen atoms in total. The third-order valence-corrected chi connectivity index (χ3v) is 17.0. The van der Waals surface area contributed by atoms with Crippen LogP contribution in [-0.2, 0) is 32.3 Å².